The molecule has 1 heterocycles. The van der Waals surface area contributed by atoms with E-state index in [2.05, 4.69) is 38.5 Å². The number of hydrogen-bond donors (Lipinski definition) is 0. The van der Waals surface area contributed by atoms with E-state index in [9.17, 15) is 4.79 Å². The van der Waals surface area contributed by atoms with Crippen molar-refractivity contribution in [3.8, 4) is 0 Å². The number of hydrogen-bond acceptors (Lipinski definition) is 5. The summed E-state index contributed by atoms with van der Waals surface area (Å²) in [5, 5.41) is 0. The SMILES string of the molecule is C=CC(=C)CCN(C(=O)CN1CCOCC1)C(C)(/C=C(\C(=C)OCc1ccccc1)C(C)C)OCc1ccccc1. The molecule has 41 heavy (non-hydrogen) atoms. The third-order valence-corrected chi connectivity index (χ3v) is 7.24. The molecule has 0 aromatic heterocycles. The van der Waals surface area contributed by atoms with Crippen molar-refractivity contribution in [1.82, 2.24) is 9.80 Å². The molecule has 1 atom stereocenters. The van der Waals surface area contributed by atoms with Crippen LogP contribution in [0.25, 0.3) is 0 Å². The lowest BCUT2D eigenvalue weighted by Crippen LogP contribution is -2.55. The Bertz CT molecular complexity index is 1170. The van der Waals surface area contributed by atoms with Crippen LogP contribution in [0, 0.1) is 5.92 Å². The van der Waals surface area contributed by atoms with E-state index in [4.69, 9.17) is 14.2 Å². The van der Waals surface area contributed by atoms with Crippen LogP contribution in [0.4, 0.5) is 0 Å². The van der Waals surface area contributed by atoms with Crippen molar-refractivity contribution in [2.24, 2.45) is 5.92 Å². The van der Waals surface area contributed by atoms with E-state index in [0.717, 1.165) is 35.4 Å². The van der Waals surface area contributed by atoms with E-state index in [1.54, 1.807) is 6.08 Å². The molecule has 0 bridgehead atoms. The van der Waals surface area contributed by atoms with Crippen molar-refractivity contribution in [1.29, 1.82) is 0 Å². The zero-order valence-corrected chi connectivity index (χ0v) is 25.0. The monoisotopic (exact) mass is 558 g/mol. The highest BCUT2D eigenvalue weighted by molar-refractivity contribution is 5.79. The number of ether oxygens (including phenoxy) is 3. The minimum Gasteiger partial charge on any atom is -0.489 e. The normalized spacial score (nSPS) is 15.7. The van der Waals surface area contributed by atoms with Crippen molar-refractivity contribution < 1.29 is 19.0 Å². The summed E-state index contributed by atoms with van der Waals surface area (Å²) in [6, 6.07) is 20.0. The van der Waals surface area contributed by atoms with Gasteiger partial charge in [0.2, 0.25) is 5.91 Å². The van der Waals surface area contributed by atoms with E-state index < -0.39 is 5.72 Å². The van der Waals surface area contributed by atoms with Crippen LogP contribution in [-0.4, -0.2) is 60.8 Å². The molecule has 1 saturated heterocycles. The first-order valence-electron chi connectivity index (χ1n) is 14.4. The van der Waals surface area contributed by atoms with Gasteiger partial charge in [-0.2, -0.15) is 0 Å². The Morgan fingerprint density at radius 2 is 1.61 bits per heavy atom. The highest BCUT2D eigenvalue weighted by Crippen LogP contribution is 2.30. The zero-order chi connectivity index (χ0) is 29.7. The van der Waals surface area contributed by atoms with Crippen molar-refractivity contribution >= 4 is 5.91 Å². The van der Waals surface area contributed by atoms with Gasteiger partial charge in [-0.05, 0) is 42.0 Å². The summed E-state index contributed by atoms with van der Waals surface area (Å²) in [5.41, 5.74) is 2.75. The minimum atomic E-state index is -1.08. The number of rotatable bonds is 16. The van der Waals surface area contributed by atoms with Gasteiger partial charge in [0.25, 0.3) is 0 Å². The Balaban J connectivity index is 1.96. The molecule has 1 amide bonds. The van der Waals surface area contributed by atoms with Gasteiger partial charge in [0.05, 0.1) is 26.4 Å². The molecule has 6 nitrogen and oxygen atoms in total. The standard InChI is InChI=1S/C35H46N2O4/c1-7-29(4)18-19-37(34(38)25-36-20-22-39-23-21-36)35(6,41-27-32-16-12-9-13-17-32)24-33(28(2)3)30(5)40-26-31-14-10-8-11-15-31/h7-17,24,28H,1,4-5,18-23,25-27H2,2-3,6H3/b33-24-. The summed E-state index contributed by atoms with van der Waals surface area (Å²) >= 11 is 0. The molecule has 0 aliphatic carbocycles. The van der Waals surface area contributed by atoms with Gasteiger partial charge in [-0.15, -0.1) is 0 Å². The largest absolute Gasteiger partial charge is 0.489 e. The molecule has 1 fully saturated rings. The lowest BCUT2D eigenvalue weighted by atomic mass is 9.96. The topological polar surface area (TPSA) is 51.2 Å². The van der Waals surface area contributed by atoms with Gasteiger partial charge >= 0.3 is 0 Å². The molecule has 1 aliphatic rings. The Labute approximate surface area is 246 Å². The third-order valence-electron chi connectivity index (χ3n) is 7.24. The second kappa shape index (κ2) is 16.1. The molecule has 2 aromatic carbocycles. The van der Waals surface area contributed by atoms with Crippen LogP contribution in [0.5, 0.6) is 0 Å². The van der Waals surface area contributed by atoms with Crippen LogP contribution in [0.2, 0.25) is 0 Å². The van der Waals surface area contributed by atoms with E-state index in [-0.39, 0.29) is 18.4 Å². The van der Waals surface area contributed by atoms with Crippen LogP contribution in [0.1, 0.15) is 38.3 Å². The average Bonchev–Trinajstić information content (AvgIpc) is 2.99. The number of carbonyl (C=O) groups excluding carboxylic acids is 1. The van der Waals surface area contributed by atoms with Crippen molar-refractivity contribution in [2.45, 2.75) is 46.1 Å². The molecule has 6 heteroatoms. The van der Waals surface area contributed by atoms with Gasteiger partial charge in [-0.3, -0.25) is 9.69 Å². The van der Waals surface area contributed by atoms with E-state index in [1.165, 1.54) is 0 Å². The number of morpholine rings is 1. The van der Waals surface area contributed by atoms with Crippen molar-refractivity contribution in [3.63, 3.8) is 0 Å². The number of allylic oxidation sites excluding steroid dienone is 2. The van der Waals surface area contributed by atoms with E-state index in [0.29, 0.717) is 45.2 Å². The second-order valence-electron chi connectivity index (χ2n) is 10.8. The molecule has 0 radical (unpaired) electrons. The minimum absolute atomic E-state index is 0.0190. The Morgan fingerprint density at radius 3 is 2.17 bits per heavy atom. The fourth-order valence-corrected chi connectivity index (χ4v) is 4.67. The Hall–Kier alpha value is -3.45. The molecule has 0 spiro atoms. The predicted molar refractivity (Wildman–Crippen MR) is 166 cm³/mol. The molecule has 0 saturated carbocycles. The maximum absolute atomic E-state index is 14.0. The summed E-state index contributed by atoms with van der Waals surface area (Å²) in [6.07, 6.45) is 4.34. The van der Waals surface area contributed by atoms with Crippen LogP contribution in [0.3, 0.4) is 0 Å². The molecule has 0 N–H and O–H groups in total. The molecule has 2 aromatic rings. The summed E-state index contributed by atoms with van der Waals surface area (Å²) < 4.78 is 18.4. The smallest absolute Gasteiger partial charge is 0.239 e. The number of benzene rings is 2. The quantitative estimate of drug-likeness (QED) is 0.133. The predicted octanol–water partition coefficient (Wildman–Crippen LogP) is 6.53. The number of nitrogens with zero attached hydrogens (tertiary/aromatic N) is 2. The average molecular weight is 559 g/mol. The summed E-state index contributed by atoms with van der Waals surface area (Å²) in [4.78, 5) is 18.0. The molecule has 1 aliphatic heterocycles. The number of carbonyl (C=O) groups is 1. The first kappa shape index (κ1) is 32.1. The Kier molecular flexibility index (Phi) is 12.6. The molecule has 220 valence electrons. The fraction of sp³-hybridized carbons (Fsp3) is 0.400. The van der Waals surface area contributed by atoms with Crippen LogP contribution >= 0.6 is 0 Å². The number of amides is 1. The summed E-state index contributed by atoms with van der Waals surface area (Å²) in [7, 11) is 0. The summed E-state index contributed by atoms with van der Waals surface area (Å²) in [6.45, 7) is 22.5. The second-order valence-corrected chi connectivity index (χ2v) is 10.8. The molecule has 3 rings (SSSR count). The highest BCUT2D eigenvalue weighted by atomic mass is 16.5. The van der Waals surface area contributed by atoms with Crippen molar-refractivity contribution in [3.05, 3.63) is 121 Å². The zero-order valence-electron chi connectivity index (χ0n) is 25.0. The van der Waals surface area contributed by atoms with E-state index >= 15 is 0 Å². The van der Waals surface area contributed by atoms with Gasteiger partial charge in [-0.25, -0.2) is 0 Å². The van der Waals surface area contributed by atoms with Gasteiger partial charge < -0.3 is 19.1 Å². The lowest BCUT2D eigenvalue weighted by molar-refractivity contribution is -0.163. The molecule has 1 unspecified atom stereocenters. The first-order chi connectivity index (χ1) is 19.7. The highest BCUT2D eigenvalue weighted by Gasteiger charge is 2.36. The van der Waals surface area contributed by atoms with Crippen LogP contribution in [0.15, 0.2) is 109 Å². The third kappa shape index (κ3) is 10.2. The van der Waals surface area contributed by atoms with E-state index in [1.807, 2.05) is 78.6 Å². The van der Waals surface area contributed by atoms with Crippen LogP contribution < -0.4 is 0 Å². The molecular formula is C35H46N2O4. The Morgan fingerprint density at radius 1 is 1.02 bits per heavy atom. The maximum atomic E-state index is 14.0. The lowest BCUT2D eigenvalue weighted by Gasteiger charge is -2.41. The summed E-state index contributed by atoms with van der Waals surface area (Å²) in [5.74, 6) is 0.626. The fourth-order valence-electron chi connectivity index (χ4n) is 4.67. The van der Waals surface area contributed by atoms with Gasteiger partial charge in [0.1, 0.15) is 12.4 Å². The van der Waals surface area contributed by atoms with Crippen LogP contribution in [-0.2, 0) is 32.2 Å². The van der Waals surface area contributed by atoms with Gasteiger partial charge in [0, 0.05) is 19.6 Å². The van der Waals surface area contributed by atoms with Gasteiger partial charge in [-0.1, -0.05) is 106 Å². The van der Waals surface area contributed by atoms with Crippen molar-refractivity contribution in [2.75, 3.05) is 39.4 Å². The first-order valence-corrected chi connectivity index (χ1v) is 14.4. The maximum Gasteiger partial charge on any atom is 0.239 e. The molecular weight excluding hydrogens is 512 g/mol. The van der Waals surface area contributed by atoms with Gasteiger partial charge in [0.15, 0.2) is 5.72 Å².